The minimum absolute atomic E-state index is 0.132. The van der Waals surface area contributed by atoms with E-state index in [9.17, 15) is 18.7 Å². The summed E-state index contributed by atoms with van der Waals surface area (Å²) in [6, 6.07) is 4.06. The maximum Gasteiger partial charge on any atom is 0.319 e. The van der Waals surface area contributed by atoms with Gasteiger partial charge >= 0.3 is 6.03 Å². The molecule has 138 valence electrons. The Bertz CT molecular complexity index is 888. The van der Waals surface area contributed by atoms with Crippen molar-refractivity contribution in [2.75, 3.05) is 5.32 Å². The van der Waals surface area contributed by atoms with Gasteiger partial charge in [0.25, 0.3) is 0 Å². The third kappa shape index (κ3) is 3.63. The number of halogens is 4. The molecule has 3 rings (SSSR count). The van der Waals surface area contributed by atoms with E-state index in [0.29, 0.717) is 18.4 Å². The summed E-state index contributed by atoms with van der Waals surface area (Å²) in [6.45, 7) is 1.55. The van der Waals surface area contributed by atoms with E-state index >= 15 is 0 Å². The number of rotatable bonds is 3. The topological polar surface area (TPSA) is 61.4 Å². The van der Waals surface area contributed by atoms with Crippen molar-refractivity contribution in [1.82, 2.24) is 5.32 Å². The van der Waals surface area contributed by atoms with Crippen LogP contribution in [0.25, 0.3) is 0 Å². The van der Waals surface area contributed by atoms with Gasteiger partial charge in [0.2, 0.25) is 0 Å². The Morgan fingerprint density at radius 3 is 2.73 bits per heavy atom. The van der Waals surface area contributed by atoms with Gasteiger partial charge in [0, 0.05) is 18.2 Å². The molecule has 2 amide bonds. The summed E-state index contributed by atoms with van der Waals surface area (Å²) in [6.07, 6.45) is 1.08. The van der Waals surface area contributed by atoms with Gasteiger partial charge in [-0.3, -0.25) is 0 Å². The van der Waals surface area contributed by atoms with Crippen LogP contribution in [0.15, 0.2) is 24.3 Å². The van der Waals surface area contributed by atoms with Gasteiger partial charge in [-0.2, -0.15) is 0 Å². The molecule has 0 aliphatic heterocycles. The second-order valence-electron chi connectivity index (χ2n) is 6.39. The lowest BCUT2D eigenvalue weighted by Gasteiger charge is -2.20. The van der Waals surface area contributed by atoms with Crippen LogP contribution in [-0.4, -0.2) is 11.1 Å². The van der Waals surface area contributed by atoms with Gasteiger partial charge in [-0.05, 0) is 43.0 Å². The van der Waals surface area contributed by atoms with Crippen molar-refractivity contribution >= 4 is 34.9 Å². The number of amides is 2. The number of urea groups is 1. The van der Waals surface area contributed by atoms with Crippen LogP contribution in [0, 0.1) is 11.6 Å². The van der Waals surface area contributed by atoms with Gasteiger partial charge in [-0.15, -0.1) is 0 Å². The zero-order valence-corrected chi connectivity index (χ0v) is 15.3. The predicted molar refractivity (Wildman–Crippen MR) is 96.6 cm³/mol. The van der Waals surface area contributed by atoms with Crippen LogP contribution in [0.4, 0.5) is 19.3 Å². The zero-order chi connectivity index (χ0) is 19.1. The number of benzene rings is 2. The number of anilines is 1. The average molecular weight is 401 g/mol. The van der Waals surface area contributed by atoms with E-state index in [4.69, 9.17) is 23.2 Å². The third-order valence-corrected chi connectivity index (χ3v) is 5.17. The van der Waals surface area contributed by atoms with E-state index in [1.807, 2.05) is 0 Å². The summed E-state index contributed by atoms with van der Waals surface area (Å²) < 4.78 is 26.5. The summed E-state index contributed by atoms with van der Waals surface area (Å²) in [7, 11) is 0. The highest BCUT2D eigenvalue weighted by molar-refractivity contribution is 6.40. The van der Waals surface area contributed by atoms with E-state index in [-0.39, 0.29) is 27.8 Å². The Balaban J connectivity index is 1.74. The number of carbonyl (C=O) groups excluding carboxylic acids is 1. The number of hydrogen-bond acceptors (Lipinski definition) is 2. The maximum absolute atomic E-state index is 13.6. The second-order valence-corrected chi connectivity index (χ2v) is 7.18. The molecule has 0 radical (unpaired) electrons. The van der Waals surface area contributed by atoms with Crippen molar-refractivity contribution in [2.45, 2.75) is 31.9 Å². The SMILES string of the molecule is CC1(O)CCc2c1cc(Cl)c(NC(=O)NCc1ccc(F)cc1F)c2Cl. The normalized spacial score (nSPS) is 18.5. The van der Waals surface area contributed by atoms with Gasteiger partial charge in [-0.1, -0.05) is 29.3 Å². The molecule has 1 unspecified atom stereocenters. The van der Waals surface area contributed by atoms with Crippen LogP contribution in [0.1, 0.15) is 30.0 Å². The first-order chi connectivity index (χ1) is 12.2. The average Bonchev–Trinajstić information content (AvgIpc) is 2.86. The molecule has 0 heterocycles. The Morgan fingerprint density at radius 2 is 2.04 bits per heavy atom. The Labute approximate surface area is 159 Å². The summed E-state index contributed by atoms with van der Waals surface area (Å²) in [5, 5.41) is 15.8. The van der Waals surface area contributed by atoms with Crippen LogP contribution in [-0.2, 0) is 18.6 Å². The highest BCUT2D eigenvalue weighted by Crippen LogP contribution is 2.45. The number of hydrogen-bond donors (Lipinski definition) is 3. The first-order valence-corrected chi connectivity index (χ1v) is 8.67. The van der Waals surface area contributed by atoms with E-state index in [0.717, 1.165) is 17.7 Å². The van der Waals surface area contributed by atoms with Gasteiger partial charge in [0.15, 0.2) is 0 Å². The molecular formula is C18H16Cl2F2N2O2. The smallest absolute Gasteiger partial charge is 0.319 e. The van der Waals surface area contributed by atoms with Crippen molar-refractivity contribution < 1.29 is 18.7 Å². The van der Waals surface area contributed by atoms with Crippen molar-refractivity contribution in [3.8, 4) is 0 Å². The molecule has 4 nitrogen and oxygen atoms in total. The Kier molecular flexibility index (Phi) is 5.10. The Morgan fingerprint density at radius 1 is 1.31 bits per heavy atom. The molecule has 0 bridgehead atoms. The molecule has 0 spiro atoms. The zero-order valence-electron chi connectivity index (χ0n) is 13.8. The maximum atomic E-state index is 13.6. The molecule has 8 heteroatoms. The molecule has 1 atom stereocenters. The molecule has 0 saturated carbocycles. The van der Waals surface area contributed by atoms with Crippen LogP contribution in [0.2, 0.25) is 10.0 Å². The molecule has 2 aromatic carbocycles. The standard InChI is InChI=1S/C18H16Cl2F2N2O2/c1-18(26)5-4-11-12(18)7-13(19)16(15(11)20)24-17(25)23-8-9-2-3-10(21)6-14(9)22/h2-3,6-7,26H,4-5,8H2,1H3,(H2,23,24,25). The van der Waals surface area contributed by atoms with Gasteiger partial charge in [0.05, 0.1) is 21.3 Å². The number of fused-ring (bicyclic) bond motifs is 1. The third-order valence-electron chi connectivity index (χ3n) is 4.45. The van der Waals surface area contributed by atoms with E-state index in [1.165, 1.54) is 6.07 Å². The lowest BCUT2D eigenvalue weighted by molar-refractivity contribution is 0.0595. The van der Waals surface area contributed by atoms with Crippen molar-refractivity contribution in [3.63, 3.8) is 0 Å². The monoisotopic (exact) mass is 400 g/mol. The van der Waals surface area contributed by atoms with E-state index < -0.39 is 23.3 Å². The molecule has 1 aliphatic carbocycles. The van der Waals surface area contributed by atoms with Gasteiger partial charge < -0.3 is 15.7 Å². The van der Waals surface area contributed by atoms with E-state index in [1.54, 1.807) is 13.0 Å². The minimum atomic E-state index is -1.01. The molecule has 0 saturated heterocycles. The van der Waals surface area contributed by atoms with Gasteiger partial charge in [-0.25, -0.2) is 13.6 Å². The van der Waals surface area contributed by atoms with Crippen LogP contribution in [0.5, 0.6) is 0 Å². The molecule has 2 aromatic rings. The van der Waals surface area contributed by atoms with E-state index in [2.05, 4.69) is 10.6 Å². The first-order valence-electron chi connectivity index (χ1n) is 7.91. The second kappa shape index (κ2) is 7.02. The quantitative estimate of drug-likeness (QED) is 0.696. The minimum Gasteiger partial charge on any atom is -0.385 e. The largest absolute Gasteiger partial charge is 0.385 e. The number of nitrogens with one attached hydrogen (secondary N) is 2. The fourth-order valence-corrected chi connectivity index (χ4v) is 3.65. The molecule has 26 heavy (non-hydrogen) atoms. The lowest BCUT2D eigenvalue weighted by Crippen LogP contribution is -2.29. The van der Waals surface area contributed by atoms with Crippen LogP contribution < -0.4 is 10.6 Å². The summed E-state index contributed by atoms with van der Waals surface area (Å²) in [5.74, 6) is -1.44. The summed E-state index contributed by atoms with van der Waals surface area (Å²) >= 11 is 12.6. The summed E-state index contributed by atoms with van der Waals surface area (Å²) in [5.41, 5.74) is 0.738. The predicted octanol–water partition coefficient (Wildman–Crippen LogP) is 4.75. The lowest BCUT2D eigenvalue weighted by atomic mass is 9.98. The molecule has 1 aliphatic rings. The molecule has 0 aromatic heterocycles. The molecule has 0 fully saturated rings. The highest BCUT2D eigenvalue weighted by Gasteiger charge is 2.35. The molecule has 3 N–H and O–H groups in total. The van der Waals surface area contributed by atoms with Crippen molar-refractivity contribution in [1.29, 1.82) is 0 Å². The first kappa shape index (κ1) is 18.9. The fraction of sp³-hybridized carbons (Fsp3) is 0.278. The highest BCUT2D eigenvalue weighted by atomic mass is 35.5. The molecular weight excluding hydrogens is 385 g/mol. The Hall–Kier alpha value is -1.89. The fourth-order valence-electron chi connectivity index (χ4n) is 3.00. The van der Waals surface area contributed by atoms with Crippen LogP contribution in [0.3, 0.4) is 0 Å². The van der Waals surface area contributed by atoms with Crippen LogP contribution >= 0.6 is 23.2 Å². The summed E-state index contributed by atoms with van der Waals surface area (Å²) in [4.78, 5) is 12.1. The van der Waals surface area contributed by atoms with Crippen molar-refractivity contribution in [3.05, 3.63) is 62.6 Å². The number of aliphatic hydroxyl groups is 1. The number of carbonyl (C=O) groups is 1. The van der Waals surface area contributed by atoms with Gasteiger partial charge in [0.1, 0.15) is 11.6 Å². The van der Waals surface area contributed by atoms with Crippen molar-refractivity contribution in [2.24, 2.45) is 0 Å².